The molecule has 0 amide bonds. The van der Waals surface area contributed by atoms with E-state index in [2.05, 4.69) is 5.32 Å². The van der Waals surface area contributed by atoms with Crippen molar-refractivity contribution >= 4 is 5.97 Å². The van der Waals surface area contributed by atoms with Crippen molar-refractivity contribution in [1.82, 2.24) is 5.32 Å². The Balaban J connectivity index is 2.19. The second kappa shape index (κ2) is 6.66. The van der Waals surface area contributed by atoms with Gasteiger partial charge in [0.15, 0.2) is 0 Å². The van der Waals surface area contributed by atoms with Crippen molar-refractivity contribution in [3.8, 4) is 0 Å². The first-order chi connectivity index (χ1) is 7.61. The number of aliphatic carboxylic acids is 1. The summed E-state index contributed by atoms with van der Waals surface area (Å²) >= 11 is 0. The lowest BCUT2D eigenvalue weighted by molar-refractivity contribution is -0.132. The van der Waals surface area contributed by atoms with E-state index >= 15 is 0 Å². The minimum Gasteiger partial charge on any atom is -0.478 e. The van der Waals surface area contributed by atoms with Crippen molar-refractivity contribution in [2.24, 2.45) is 5.92 Å². The summed E-state index contributed by atoms with van der Waals surface area (Å²) in [5.41, 5.74) is 0.358. The van der Waals surface area contributed by atoms with Crippen LogP contribution in [0.5, 0.6) is 0 Å². The topological polar surface area (TPSA) is 69.6 Å². The van der Waals surface area contributed by atoms with Crippen LogP contribution in [0.15, 0.2) is 11.6 Å². The smallest absolute Gasteiger partial charge is 0.330 e. The molecule has 0 bridgehead atoms. The van der Waals surface area contributed by atoms with E-state index in [1.165, 1.54) is 6.42 Å². The highest BCUT2D eigenvalue weighted by molar-refractivity contribution is 5.85. The minimum absolute atomic E-state index is 0.189. The van der Waals surface area contributed by atoms with E-state index in [9.17, 15) is 9.90 Å². The van der Waals surface area contributed by atoms with Gasteiger partial charge < -0.3 is 15.5 Å². The molecule has 0 aromatic heterocycles. The first-order valence-electron chi connectivity index (χ1n) is 5.90. The predicted molar refractivity (Wildman–Crippen MR) is 62.2 cm³/mol. The third-order valence-electron chi connectivity index (χ3n) is 3.17. The summed E-state index contributed by atoms with van der Waals surface area (Å²) in [5.74, 6) is -0.549. The molecule has 3 N–H and O–H groups in total. The van der Waals surface area contributed by atoms with Gasteiger partial charge in [-0.1, -0.05) is 18.9 Å². The van der Waals surface area contributed by atoms with Gasteiger partial charge in [0.05, 0.1) is 6.10 Å². The average Bonchev–Trinajstić information content (AvgIpc) is 2.26. The molecule has 92 valence electrons. The molecule has 0 aromatic rings. The van der Waals surface area contributed by atoms with Crippen molar-refractivity contribution in [1.29, 1.82) is 0 Å². The molecule has 2 atom stereocenters. The second-order valence-corrected chi connectivity index (χ2v) is 4.46. The summed E-state index contributed by atoms with van der Waals surface area (Å²) in [6.07, 6.45) is 5.75. The fraction of sp³-hybridized carbons (Fsp3) is 0.750. The number of carbonyl (C=O) groups is 1. The van der Waals surface area contributed by atoms with E-state index in [1.807, 2.05) is 0 Å². The van der Waals surface area contributed by atoms with E-state index < -0.39 is 5.97 Å². The standard InChI is InChI=1S/C12H21NO3/c1-9(12(15)16)6-7-13-8-10-4-2-3-5-11(10)14/h6,10-11,13-14H,2-5,7-8H2,1H3,(H,15,16). The molecule has 1 aliphatic carbocycles. The third-order valence-corrected chi connectivity index (χ3v) is 3.17. The number of hydrogen-bond acceptors (Lipinski definition) is 3. The first kappa shape index (κ1) is 13.2. The Morgan fingerprint density at radius 3 is 2.75 bits per heavy atom. The number of carboxylic acids is 1. The highest BCUT2D eigenvalue weighted by Gasteiger charge is 2.21. The van der Waals surface area contributed by atoms with Crippen LogP contribution in [-0.4, -0.2) is 35.4 Å². The summed E-state index contributed by atoms with van der Waals surface area (Å²) in [6.45, 7) is 2.91. The molecule has 4 heteroatoms. The highest BCUT2D eigenvalue weighted by atomic mass is 16.4. The number of nitrogens with one attached hydrogen (secondary N) is 1. The van der Waals surface area contributed by atoms with Crippen LogP contribution in [0.2, 0.25) is 0 Å². The van der Waals surface area contributed by atoms with Gasteiger partial charge in [-0.2, -0.15) is 0 Å². The molecule has 0 radical (unpaired) electrons. The lowest BCUT2D eigenvalue weighted by Crippen LogP contribution is -2.34. The van der Waals surface area contributed by atoms with Gasteiger partial charge in [-0.25, -0.2) is 4.79 Å². The fourth-order valence-electron chi connectivity index (χ4n) is 2.01. The molecule has 1 saturated carbocycles. The van der Waals surface area contributed by atoms with E-state index in [1.54, 1.807) is 13.0 Å². The summed E-state index contributed by atoms with van der Waals surface area (Å²) < 4.78 is 0. The highest BCUT2D eigenvalue weighted by Crippen LogP contribution is 2.23. The minimum atomic E-state index is -0.875. The van der Waals surface area contributed by atoms with E-state index in [0.717, 1.165) is 25.8 Å². The summed E-state index contributed by atoms with van der Waals surface area (Å²) in [4.78, 5) is 10.5. The van der Waals surface area contributed by atoms with Crippen LogP contribution >= 0.6 is 0 Å². The van der Waals surface area contributed by atoms with Gasteiger partial charge in [-0.3, -0.25) is 0 Å². The van der Waals surface area contributed by atoms with E-state index in [0.29, 0.717) is 18.0 Å². The van der Waals surface area contributed by atoms with Crippen LogP contribution in [0.25, 0.3) is 0 Å². The maximum Gasteiger partial charge on any atom is 0.330 e. The van der Waals surface area contributed by atoms with E-state index in [4.69, 9.17) is 5.11 Å². The fourth-order valence-corrected chi connectivity index (χ4v) is 2.01. The molecule has 0 aromatic carbocycles. The van der Waals surface area contributed by atoms with Gasteiger partial charge in [-0.15, -0.1) is 0 Å². The predicted octanol–water partition coefficient (Wildman–Crippen LogP) is 1.16. The first-order valence-corrected chi connectivity index (χ1v) is 5.90. The number of aliphatic hydroxyl groups excluding tert-OH is 1. The Labute approximate surface area is 96.4 Å². The Bertz CT molecular complexity index is 263. The van der Waals surface area contributed by atoms with E-state index in [-0.39, 0.29) is 6.10 Å². The molecule has 16 heavy (non-hydrogen) atoms. The number of carboxylic acid groups (broad SMARTS) is 1. The van der Waals surface area contributed by atoms with Gasteiger partial charge in [0.25, 0.3) is 0 Å². The molecular formula is C12H21NO3. The van der Waals surface area contributed by atoms with Crippen molar-refractivity contribution in [2.75, 3.05) is 13.1 Å². The SMILES string of the molecule is CC(=CCNCC1CCCCC1O)C(=O)O. The Morgan fingerprint density at radius 2 is 2.12 bits per heavy atom. The lowest BCUT2D eigenvalue weighted by Gasteiger charge is -2.27. The molecule has 0 aliphatic heterocycles. The molecule has 1 aliphatic rings. The van der Waals surface area contributed by atoms with Crippen LogP contribution < -0.4 is 5.32 Å². The van der Waals surface area contributed by atoms with Crippen molar-refractivity contribution in [3.05, 3.63) is 11.6 Å². The number of rotatable bonds is 5. The Morgan fingerprint density at radius 1 is 1.44 bits per heavy atom. The van der Waals surface area contributed by atoms with Gasteiger partial charge in [0.2, 0.25) is 0 Å². The molecule has 1 fully saturated rings. The maximum atomic E-state index is 10.5. The molecule has 4 nitrogen and oxygen atoms in total. The van der Waals surface area contributed by atoms with Crippen LogP contribution in [-0.2, 0) is 4.79 Å². The molecule has 0 spiro atoms. The van der Waals surface area contributed by atoms with Crippen molar-refractivity contribution in [2.45, 2.75) is 38.7 Å². The average molecular weight is 227 g/mol. The Hall–Kier alpha value is -0.870. The molecule has 2 unspecified atom stereocenters. The molecule has 0 saturated heterocycles. The zero-order valence-electron chi connectivity index (χ0n) is 9.78. The summed E-state index contributed by atoms with van der Waals surface area (Å²) in [6, 6.07) is 0. The molecule has 0 heterocycles. The second-order valence-electron chi connectivity index (χ2n) is 4.46. The largest absolute Gasteiger partial charge is 0.478 e. The van der Waals surface area contributed by atoms with Crippen LogP contribution in [0.1, 0.15) is 32.6 Å². The quantitative estimate of drug-likeness (QED) is 0.487. The van der Waals surface area contributed by atoms with Gasteiger partial charge in [-0.05, 0) is 25.7 Å². The zero-order valence-corrected chi connectivity index (χ0v) is 9.78. The number of aliphatic hydroxyl groups is 1. The molecular weight excluding hydrogens is 206 g/mol. The maximum absolute atomic E-state index is 10.5. The van der Waals surface area contributed by atoms with Gasteiger partial charge >= 0.3 is 5.97 Å². The monoisotopic (exact) mass is 227 g/mol. The van der Waals surface area contributed by atoms with Crippen molar-refractivity contribution < 1.29 is 15.0 Å². The summed E-state index contributed by atoms with van der Waals surface area (Å²) in [5, 5.41) is 21.5. The van der Waals surface area contributed by atoms with Crippen LogP contribution in [0.4, 0.5) is 0 Å². The van der Waals surface area contributed by atoms with Gasteiger partial charge in [0, 0.05) is 18.7 Å². The van der Waals surface area contributed by atoms with Crippen molar-refractivity contribution in [3.63, 3.8) is 0 Å². The van der Waals surface area contributed by atoms with Crippen LogP contribution in [0.3, 0.4) is 0 Å². The van der Waals surface area contributed by atoms with Crippen LogP contribution in [0, 0.1) is 5.92 Å². The normalized spacial score (nSPS) is 26.8. The van der Waals surface area contributed by atoms with Gasteiger partial charge in [0.1, 0.15) is 0 Å². The third kappa shape index (κ3) is 4.33. The Kier molecular flexibility index (Phi) is 5.49. The lowest BCUT2D eigenvalue weighted by atomic mass is 9.86. The zero-order chi connectivity index (χ0) is 12.0. The summed E-state index contributed by atoms with van der Waals surface area (Å²) in [7, 11) is 0. The number of hydrogen-bond donors (Lipinski definition) is 3. The molecule has 1 rings (SSSR count).